The predicted octanol–water partition coefficient (Wildman–Crippen LogP) is 1.12. The standard InChI is InChI=1S/C13H12N2O4/c16-12(10-11(13(17)18)15-6-14-10)8-1-2-9-7(5-8)3-4-19-9/h1-2,5-6,12,16H,3-4H2,(H,14,15)(H,17,18). The lowest BCUT2D eigenvalue weighted by Gasteiger charge is -2.11. The second-order valence-electron chi connectivity index (χ2n) is 4.34. The van der Waals surface area contributed by atoms with Crippen molar-refractivity contribution in [1.29, 1.82) is 0 Å². The first-order valence-electron chi connectivity index (χ1n) is 5.87. The molecular formula is C13H12N2O4. The number of hydrogen-bond acceptors (Lipinski definition) is 4. The van der Waals surface area contributed by atoms with E-state index in [4.69, 9.17) is 9.84 Å². The molecule has 19 heavy (non-hydrogen) atoms. The highest BCUT2D eigenvalue weighted by Crippen LogP contribution is 2.30. The number of fused-ring (bicyclic) bond motifs is 1. The Morgan fingerprint density at radius 1 is 1.47 bits per heavy atom. The largest absolute Gasteiger partial charge is 0.493 e. The van der Waals surface area contributed by atoms with Crippen LogP contribution in [0.2, 0.25) is 0 Å². The van der Waals surface area contributed by atoms with Crippen molar-refractivity contribution < 1.29 is 19.7 Å². The maximum absolute atomic E-state index is 11.0. The molecule has 0 radical (unpaired) electrons. The number of carboxylic acid groups (broad SMARTS) is 1. The Kier molecular flexibility index (Phi) is 2.72. The number of carbonyl (C=O) groups is 1. The molecule has 1 aliphatic rings. The molecule has 0 bridgehead atoms. The van der Waals surface area contributed by atoms with Crippen molar-refractivity contribution in [1.82, 2.24) is 9.97 Å². The Hall–Kier alpha value is -2.34. The lowest BCUT2D eigenvalue weighted by atomic mass is 10.0. The van der Waals surface area contributed by atoms with E-state index in [1.807, 2.05) is 6.07 Å². The van der Waals surface area contributed by atoms with E-state index in [2.05, 4.69) is 9.97 Å². The summed E-state index contributed by atoms with van der Waals surface area (Å²) in [6, 6.07) is 5.35. The average molecular weight is 260 g/mol. The van der Waals surface area contributed by atoms with Gasteiger partial charge in [-0.25, -0.2) is 9.78 Å². The van der Waals surface area contributed by atoms with Gasteiger partial charge in [-0.05, 0) is 23.3 Å². The van der Waals surface area contributed by atoms with E-state index in [-0.39, 0.29) is 11.4 Å². The number of H-pyrrole nitrogens is 1. The fourth-order valence-electron chi connectivity index (χ4n) is 2.23. The molecule has 0 aliphatic carbocycles. The Morgan fingerprint density at radius 3 is 3.11 bits per heavy atom. The van der Waals surface area contributed by atoms with Crippen LogP contribution in [0, 0.1) is 0 Å². The minimum atomic E-state index is -1.17. The molecule has 2 aromatic rings. The van der Waals surface area contributed by atoms with Gasteiger partial charge in [0.2, 0.25) is 0 Å². The SMILES string of the molecule is O=C(O)c1nc[nH]c1C(O)c1ccc2c(c1)CCO2. The van der Waals surface area contributed by atoms with Crippen molar-refractivity contribution in [2.45, 2.75) is 12.5 Å². The molecule has 0 saturated heterocycles. The van der Waals surface area contributed by atoms with Crippen molar-refractivity contribution in [3.63, 3.8) is 0 Å². The Bertz CT molecular complexity index is 635. The van der Waals surface area contributed by atoms with Crippen LogP contribution in [0.15, 0.2) is 24.5 Å². The highest BCUT2D eigenvalue weighted by molar-refractivity contribution is 5.86. The second-order valence-corrected chi connectivity index (χ2v) is 4.34. The van der Waals surface area contributed by atoms with Crippen molar-refractivity contribution in [3.8, 4) is 5.75 Å². The Balaban J connectivity index is 1.97. The molecule has 1 aromatic heterocycles. The first-order chi connectivity index (χ1) is 9.16. The van der Waals surface area contributed by atoms with Gasteiger partial charge < -0.3 is 19.9 Å². The van der Waals surface area contributed by atoms with E-state index in [9.17, 15) is 9.90 Å². The third kappa shape index (κ3) is 1.96. The highest BCUT2D eigenvalue weighted by Gasteiger charge is 2.23. The van der Waals surface area contributed by atoms with Crippen molar-refractivity contribution >= 4 is 5.97 Å². The number of aromatic carboxylic acids is 1. The average Bonchev–Trinajstić information content (AvgIpc) is 3.05. The van der Waals surface area contributed by atoms with Gasteiger partial charge in [0.15, 0.2) is 5.69 Å². The number of ether oxygens (including phenoxy) is 1. The summed E-state index contributed by atoms with van der Waals surface area (Å²) < 4.78 is 5.39. The van der Waals surface area contributed by atoms with Crippen molar-refractivity contribution in [2.75, 3.05) is 6.61 Å². The van der Waals surface area contributed by atoms with E-state index < -0.39 is 12.1 Å². The molecule has 0 amide bonds. The summed E-state index contributed by atoms with van der Waals surface area (Å²) in [4.78, 5) is 17.4. The quantitative estimate of drug-likeness (QED) is 0.768. The molecule has 6 heteroatoms. The molecule has 1 unspecified atom stereocenters. The van der Waals surface area contributed by atoms with Crippen LogP contribution in [0.4, 0.5) is 0 Å². The second kappa shape index (κ2) is 4.40. The molecule has 3 rings (SSSR count). The fourth-order valence-corrected chi connectivity index (χ4v) is 2.23. The van der Waals surface area contributed by atoms with Crippen LogP contribution in [0.25, 0.3) is 0 Å². The molecule has 2 heterocycles. The molecule has 0 spiro atoms. The van der Waals surface area contributed by atoms with Gasteiger partial charge in [0.05, 0.1) is 18.6 Å². The van der Waals surface area contributed by atoms with E-state index in [0.29, 0.717) is 12.2 Å². The maximum Gasteiger partial charge on any atom is 0.356 e. The summed E-state index contributed by atoms with van der Waals surface area (Å²) >= 11 is 0. The third-order valence-electron chi connectivity index (χ3n) is 3.17. The topological polar surface area (TPSA) is 95.4 Å². The van der Waals surface area contributed by atoms with Gasteiger partial charge in [0.1, 0.15) is 11.9 Å². The molecular weight excluding hydrogens is 248 g/mol. The molecule has 1 atom stereocenters. The van der Waals surface area contributed by atoms with Gasteiger partial charge in [0.25, 0.3) is 0 Å². The monoisotopic (exact) mass is 260 g/mol. The highest BCUT2D eigenvalue weighted by atomic mass is 16.5. The minimum absolute atomic E-state index is 0.163. The minimum Gasteiger partial charge on any atom is -0.493 e. The number of imidazole rings is 1. The normalized spacial score (nSPS) is 14.8. The van der Waals surface area contributed by atoms with Gasteiger partial charge in [-0.3, -0.25) is 0 Å². The van der Waals surface area contributed by atoms with Crippen molar-refractivity contribution in [3.05, 3.63) is 47.0 Å². The first kappa shape index (κ1) is 11.7. The number of aromatic nitrogens is 2. The summed E-state index contributed by atoms with van der Waals surface area (Å²) in [5.41, 5.74) is 1.67. The number of nitrogens with one attached hydrogen (secondary N) is 1. The molecule has 98 valence electrons. The summed E-state index contributed by atoms with van der Waals surface area (Å²) in [6.07, 6.45) is 1.02. The molecule has 0 saturated carbocycles. The first-order valence-corrected chi connectivity index (χ1v) is 5.87. The van der Waals surface area contributed by atoms with Crippen LogP contribution in [0.1, 0.15) is 33.4 Å². The molecule has 3 N–H and O–H groups in total. The number of aliphatic hydroxyl groups is 1. The number of aromatic amines is 1. The Labute approximate surface area is 108 Å². The molecule has 6 nitrogen and oxygen atoms in total. The molecule has 1 aromatic carbocycles. The third-order valence-corrected chi connectivity index (χ3v) is 3.17. The zero-order valence-corrected chi connectivity index (χ0v) is 9.96. The van der Waals surface area contributed by atoms with Gasteiger partial charge >= 0.3 is 5.97 Å². The maximum atomic E-state index is 11.0. The smallest absolute Gasteiger partial charge is 0.356 e. The number of nitrogens with zero attached hydrogens (tertiary/aromatic N) is 1. The van der Waals surface area contributed by atoms with Gasteiger partial charge in [-0.1, -0.05) is 6.07 Å². The van der Waals surface area contributed by atoms with Crippen LogP contribution in [-0.2, 0) is 6.42 Å². The zero-order chi connectivity index (χ0) is 13.4. The number of rotatable bonds is 3. The van der Waals surface area contributed by atoms with Crippen LogP contribution in [-0.4, -0.2) is 32.8 Å². The predicted molar refractivity (Wildman–Crippen MR) is 65.2 cm³/mol. The summed E-state index contributed by atoms with van der Waals surface area (Å²) in [7, 11) is 0. The Morgan fingerprint density at radius 2 is 2.32 bits per heavy atom. The zero-order valence-electron chi connectivity index (χ0n) is 9.96. The lowest BCUT2D eigenvalue weighted by molar-refractivity contribution is 0.0685. The van der Waals surface area contributed by atoms with Crippen molar-refractivity contribution in [2.24, 2.45) is 0 Å². The molecule has 1 aliphatic heterocycles. The van der Waals surface area contributed by atoms with E-state index >= 15 is 0 Å². The molecule has 0 fully saturated rings. The van der Waals surface area contributed by atoms with Crippen LogP contribution < -0.4 is 4.74 Å². The van der Waals surface area contributed by atoms with Gasteiger partial charge in [-0.2, -0.15) is 0 Å². The number of aliphatic hydroxyl groups excluding tert-OH is 1. The fraction of sp³-hybridized carbons (Fsp3) is 0.231. The lowest BCUT2D eigenvalue weighted by Crippen LogP contribution is -2.08. The summed E-state index contributed by atoms with van der Waals surface area (Å²) in [5.74, 6) is -0.348. The van der Waals surface area contributed by atoms with Gasteiger partial charge in [-0.15, -0.1) is 0 Å². The van der Waals surface area contributed by atoms with Crippen LogP contribution in [0.3, 0.4) is 0 Å². The van der Waals surface area contributed by atoms with E-state index in [0.717, 1.165) is 17.7 Å². The number of hydrogen-bond donors (Lipinski definition) is 3. The summed E-state index contributed by atoms with van der Waals surface area (Å²) in [5, 5.41) is 19.3. The summed E-state index contributed by atoms with van der Waals surface area (Å²) in [6.45, 7) is 0.638. The van der Waals surface area contributed by atoms with Crippen LogP contribution >= 0.6 is 0 Å². The van der Waals surface area contributed by atoms with Crippen LogP contribution in [0.5, 0.6) is 5.75 Å². The number of benzene rings is 1. The van der Waals surface area contributed by atoms with E-state index in [1.165, 1.54) is 6.33 Å². The van der Waals surface area contributed by atoms with E-state index in [1.54, 1.807) is 12.1 Å². The number of carboxylic acids is 1. The van der Waals surface area contributed by atoms with Gasteiger partial charge in [0, 0.05) is 6.42 Å².